The van der Waals surface area contributed by atoms with Crippen molar-refractivity contribution >= 4 is 17.3 Å². The fourth-order valence-corrected chi connectivity index (χ4v) is 4.46. The first kappa shape index (κ1) is 20.2. The van der Waals surface area contributed by atoms with Gasteiger partial charge in [0.2, 0.25) is 5.91 Å². The first-order chi connectivity index (χ1) is 13.0. The molecule has 27 heavy (non-hydrogen) atoms. The van der Waals surface area contributed by atoms with E-state index >= 15 is 0 Å². The summed E-state index contributed by atoms with van der Waals surface area (Å²) >= 11 is 0. The highest BCUT2D eigenvalue weighted by Crippen LogP contribution is 2.26. The van der Waals surface area contributed by atoms with Gasteiger partial charge in [-0.15, -0.1) is 0 Å². The van der Waals surface area contributed by atoms with E-state index in [1.54, 1.807) is 6.92 Å². The van der Waals surface area contributed by atoms with Crippen LogP contribution in [-0.2, 0) is 4.79 Å². The van der Waals surface area contributed by atoms with E-state index in [-0.39, 0.29) is 5.91 Å². The summed E-state index contributed by atoms with van der Waals surface area (Å²) < 4.78 is 0. The van der Waals surface area contributed by atoms with E-state index in [2.05, 4.69) is 34.2 Å². The lowest BCUT2D eigenvalue weighted by atomic mass is 9.94. The first-order valence-corrected chi connectivity index (χ1v) is 10.6. The zero-order valence-electron chi connectivity index (χ0n) is 16.9. The molecule has 0 radical (unpaired) electrons. The highest BCUT2D eigenvalue weighted by Gasteiger charge is 2.24. The molecule has 1 aromatic rings. The lowest BCUT2D eigenvalue weighted by Crippen LogP contribution is -2.45. The van der Waals surface area contributed by atoms with E-state index in [1.807, 2.05) is 6.07 Å². The molecule has 5 heteroatoms. The molecule has 2 N–H and O–H groups in total. The number of aliphatic hydroxyl groups is 1. The van der Waals surface area contributed by atoms with Gasteiger partial charge in [-0.1, -0.05) is 19.3 Å². The zero-order valence-corrected chi connectivity index (χ0v) is 16.9. The molecular formula is C22H35N3O2. The molecular weight excluding hydrogens is 338 g/mol. The summed E-state index contributed by atoms with van der Waals surface area (Å²) in [5.41, 5.74) is 3.25. The van der Waals surface area contributed by atoms with Gasteiger partial charge < -0.3 is 15.3 Å². The maximum Gasteiger partial charge on any atom is 0.238 e. The van der Waals surface area contributed by atoms with Gasteiger partial charge in [0.15, 0.2) is 0 Å². The van der Waals surface area contributed by atoms with Crippen molar-refractivity contribution in [1.29, 1.82) is 0 Å². The zero-order chi connectivity index (χ0) is 19.2. The first-order valence-electron chi connectivity index (χ1n) is 10.6. The van der Waals surface area contributed by atoms with Crippen LogP contribution < -0.4 is 10.2 Å². The maximum atomic E-state index is 12.7. The third-order valence-corrected chi connectivity index (χ3v) is 5.89. The number of nitrogens with one attached hydrogen (secondary N) is 1. The topological polar surface area (TPSA) is 55.8 Å². The Bertz CT molecular complexity index is 620. The van der Waals surface area contributed by atoms with Crippen molar-refractivity contribution in [3.63, 3.8) is 0 Å². The van der Waals surface area contributed by atoms with Crippen LogP contribution in [0.15, 0.2) is 18.2 Å². The summed E-state index contributed by atoms with van der Waals surface area (Å²) in [6, 6.07) is 6.73. The Morgan fingerprint density at radius 1 is 1.22 bits per heavy atom. The van der Waals surface area contributed by atoms with Crippen LogP contribution in [0.4, 0.5) is 11.4 Å². The molecule has 0 unspecified atom stereocenters. The second kappa shape index (κ2) is 9.56. The maximum absolute atomic E-state index is 12.7. The van der Waals surface area contributed by atoms with Crippen LogP contribution in [0.25, 0.3) is 0 Å². The Morgan fingerprint density at radius 3 is 2.56 bits per heavy atom. The quantitative estimate of drug-likeness (QED) is 0.767. The molecule has 1 aliphatic heterocycles. The number of aliphatic hydroxyl groups excluding tert-OH is 1. The molecule has 1 saturated carbocycles. The lowest BCUT2D eigenvalue weighted by molar-refractivity contribution is -0.118. The van der Waals surface area contributed by atoms with Crippen molar-refractivity contribution in [2.75, 3.05) is 36.4 Å². The van der Waals surface area contributed by atoms with Gasteiger partial charge in [-0.05, 0) is 63.3 Å². The largest absolute Gasteiger partial charge is 0.392 e. The molecule has 5 nitrogen and oxygen atoms in total. The van der Waals surface area contributed by atoms with E-state index < -0.39 is 6.10 Å². The van der Waals surface area contributed by atoms with E-state index in [0.29, 0.717) is 19.1 Å². The average Bonchev–Trinajstić information content (AvgIpc) is 3.18. The van der Waals surface area contributed by atoms with E-state index in [0.717, 1.165) is 37.2 Å². The molecule has 1 aromatic carbocycles. The van der Waals surface area contributed by atoms with E-state index in [4.69, 9.17) is 0 Å². The minimum absolute atomic E-state index is 0.0123. The number of aryl methyl sites for hydroxylation is 1. The van der Waals surface area contributed by atoms with Crippen LogP contribution >= 0.6 is 0 Å². The Labute approximate surface area is 163 Å². The Hall–Kier alpha value is -1.59. The predicted octanol–water partition coefficient (Wildman–Crippen LogP) is 3.55. The number of benzene rings is 1. The summed E-state index contributed by atoms with van der Waals surface area (Å²) in [4.78, 5) is 17.3. The number of carbonyl (C=O) groups excluding carboxylic acids is 1. The Kier molecular flexibility index (Phi) is 7.13. The molecule has 1 amide bonds. The molecule has 2 fully saturated rings. The van der Waals surface area contributed by atoms with Crippen molar-refractivity contribution in [2.45, 2.75) is 70.9 Å². The SMILES string of the molecule is Cc1cc(N2CCCC2)ccc1NC(=O)CN(C[C@H](C)O)C1CCCCC1. The minimum atomic E-state index is -0.416. The van der Waals surface area contributed by atoms with Crippen LogP contribution in [0.1, 0.15) is 57.4 Å². The van der Waals surface area contributed by atoms with Crippen molar-refractivity contribution in [3.8, 4) is 0 Å². The van der Waals surface area contributed by atoms with Gasteiger partial charge in [-0.25, -0.2) is 0 Å². The summed E-state index contributed by atoms with van der Waals surface area (Å²) in [7, 11) is 0. The van der Waals surface area contributed by atoms with Crippen molar-refractivity contribution in [2.24, 2.45) is 0 Å². The standard InChI is InChI=1S/C22H35N3O2/c1-17-14-20(24-12-6-7-13-24)10-11-21(17)23-22(27)16-25(15-18(2)26)19-8-4-3-5-9-19/h10-11,14,18-19,26H,3-9,12-13,15-16H2,1-2H3,(H,23,27)/t18-/m0/s1. The van der Waals surface area contributed by atoms with Gasteiger partial charge in [-0.2, -0.15) is 0 Å². The van der Waals surface area contributed by atoms with Crippen LogP contribution in [0, 0.1) is 6.92 Å². The molecule has 1 saturated heterocycles. The number of hydrogen-bond donors (Lipinski definition) is 2. The number of hydrogen-bond acceptors (Lipinski definition) is 4. The third kappa shape index (κ3) is 5.69. The van der Waals surface area contributed by atoms with Crippen molar-refractivity contribution in [3.05, 3.63) is 23.8 Å². The summed E-state index contributed by atoms with van der Waals surface area (Å²) in [5.74, 6) is 0.0123. The van der Waals surface area contributed by atoms with Crippen molar-refractivity contribution in [1.82, 2.24) is 4.90 Å². The van der Waals surface area contributed by atoms with Gasteiger partial charge in [0.25, 0.3) is 0 Å². The monoisotopic (exact) mass is 373 g/mol. The van der Waals surface area contributed by atoms with E-state index in [1.165, 1.54) is 37.8 Å². The predicted molar refractivity (Wildman–Crippen MR) is 111 cm³/mol. The van der Waals surface area contributed by atoms with Crippen LogP contribution in [0.2, 0.25) is 0 Å². The Balaban J connectivity index is 1.60. The minimum Gasteiger partial charge on any atom is -0.392 e. The number of anilines is 2. The summed E-state index contributed by atoms with van der Waals surface area (Å²) in [6.45, 7) is 7.02. The Morgan fingerprint density at radius 2 is 1.93 bits per heavy atom. The molecule has 1 aliphatic carbocycles. The molecule has 150 valence electrons. The highest BCUT2D eigenvalue weighted by atomic mass is 16.3. The second-order valence-corrected chi connectivity index (χ2v) is 8.31. The van der Waals surface area contributed by atoms with Crippen LogP contribution in [0.5, 0.6) is 0 Å². The molecule has 2 aliphatic rings. The molecule has 0 spiro atoms. The van der Waals surface area contributed by atoms with Gasteiger partial charge in [0.1, 0.15) is 0 Å². The number of rotatable bonds is 7. The second-order valence-electron chi connectivity index (χ2n) is 8.31. The number of nitrogens with zero attached hydrogens (tertiary/aromatic N) is 2. The van der Waals surface area contributed by atoms with Gasteiger partial charge in [0.05, 0.1) is 12.6 Å². The molecule has 0 aromatic heterocycles. The summed E-state index contributed by atoms with van der Waals surface area (Å²) in [6.07, 6.45) is 8.09. The van der Waals surface area contributed by atoms with Gasteiger partial charge in [-0.3, -0.25) is 9.69 Å². The lowest BCUT2D eigenvalue weighted by Gasteiger charge is -2.34. The number of carbonyl (C=O) groups is 1. The van der Waals surface area contributed by atoms with E-state index in [9.17, 15) is 9.90 Å². The van der Waals surface area contributed by atoms with Gasteiger partial charge >= 0.3 is 0 Å². The highest BCUT2D eigenvalue weighted by molar-refractivity contribution is 5.93. The number of amides is 1. The normalized spacial score (nSPS) is 19.5. The molecule has 3 rings (SSSR count). The van der Waals surface area contributed by atoms with Crippen LogP contribution in [-0.4, -0.2) is 54.2 Å². The molecule has 0 bridgehead atoms. The van der Waals surface area contributed by atoms with Crippen LogP contribution in [0.3, 0.4) is 0 Å². The average molecular weight is 374 g/mol. The van der Waals surface area contributed by atoms with Gasteiger partial charge in [0, 0.05) is 37.1 Å². The smallest absolute Gasteiger partial charge is 0.238 e. The third-order valence-electron chi connectivity index (χ3n) is 5.89. The fraction of sp³-hybridized carbons (Fsp3) is 0.682. The molecule has 1 heterocycles. The van der Waals surface area contributed by atoms with Crippen molar-refractivity contribution < 1.29 is 9.90 Å². The fourth-order valence-electron chi connectivity index (χ4n) is 4.46. The summed E-state index contributed by atoms with van der Waals surface area (Å²) in [5, 5.41) is 12.9. The molecule has 1 atom stereocenters.